The zero-order valence-corrected chi connectivity index (χ0v) is 12.6. The molecule has 2 aromatic rings. The van der Waals surface area contributed by atoms with E-state index in [0.717, 1.165) is 0 Å². The lowest BCUT2D eigenvalue weighted by molar-refractivity contribution is -0.111. The van der Waals surface area contributed by atoms with Gasteiger partial charge in [-0.1, -0.05) is 29.8 Å². The molecule has 0 aliphatic rings. The molecule has 0 aliphatic carbocycles. The molecule has 0 unspecified atom stereocenters. The molecular formula is C17H14ClNO3. The Balaban J connectivity index is 2.02. The summed E-state index contributed by atoms with van der Waals surface area (Å²) in [5, 5.41) is 3.00. The minimum Gasteiger partial charge on any atom is -0.495 e. The van der Waals surface area contributed by atoms with Crippen LogP contribution in [0.1, 0.15) is 10.4 Å². The summed E-state index contributed by atoms with van der Waals surface area (Å²) in [5.41, 5.74) is 1.05. The van der Waals surface area contributed by atoms with Crippen LogP contribution < -0.4 is 10.1 Å². The van der Waals surface area contributed by atoms with Crippen molar-refractivity contribution in [3.63, 3.8) is 0 Å². The molecule has 1 N–H and O–H groups in total. The van der Waals surface area contributed by atoms with E-state index in [2.05, 4.69) is 5.32 Å². The summed E-state index contributed by atoms with van der Waals surface area (Å²) >= 11 is 5.96. The van der Waals surface area contributed by atoms with Gasteiger partial charge < -0.3 is 10.1 Å². The molecule has 4 nitrogen and oxygen atoms in total. The fraction of sp³-hybridized carbons (Fsp3) is 0.0588. The van der Waals surface area contributed by atoms with Crippen LogP contribution in [0.15, 0.2) is 60.7 Å². The molecule has 0 saturated carbocycles. The Morgan fingerprint density at radius 2 is 1.82 bits per heavy atom. The lowest BCUT2D eigenvalue weighted by atomic mass is 10.1. The number of halogens is 1. The fourth-order valence-corrected chi connectivity index (χ4v) is 2.03. The number of ketones is 1. The van der Waals surface area contributed by atoms with Crippen LogP contribution in [-0.2, 0) is 4.79 Å². The van der Waals surface area contributed by atoms with Gasteiger partial charge in [-0.15, -0.1) is 0 Å². The second-order valence-electron chi connectivity index (χ2n) is 4.40. The monoisotopic (exact) mass is 315 g/mol. The number of carbonyl (C=O) groups is 2. The van der Waals surface area contributed by atoms with Gasteiger partial charge in [-0.25, -0.2) is 0 Å². The number of hydrogen-bond acceptors (Lipinski definition) is 3. The number of hydrogen-bond donors (Lipinski definition) is 1. The van der Waals surface area contributed by atoms with Crippen molar-refractivity contribution in [3.8, 4) is 5.75 Å². The van der Waals surface area contributed by atoms with Gasteiger partial charge in [0.15, 0.2) is 5.78 Å². The first-order valence-corrected chi connectivity index (χ1v) is 6.90. The number of para-hydroxylation sites is 1. The van der Waals surface area contributed by atoms with Crippen molar-refractivity contribution < 1.29 is 14.3 Å². The van der Waals surface area contributed by atoms with E-state index in [1.807, 2.05) is 18.2 Å². The third kappa shape index (κ3) is 4.20. The second-order valence-corrected chi connectivity index (χ2v) is 4.81. The Kier molecular flexibility index (Phi) is 5.33. The third-order valence-corrected chi connectivity index (χ3v) is 3.16. The van der Waals surface area contributed by atoms with Crippen LogP contribution in [0.3, 0.4) is 0 Å². The standard InChI is InChI=1S/C17H14ClNO3/c1-22-16-9-7-12(11-14(16)18)15(20)8-10-17(21)19-13-5-3-2-4-6-13/h2-11H,1H3,(H,19,21)/b10-8+. The predicted molar refractivity (Wildman–Crippen MR) is 86.5 cm³/mol. The number of ether oxygens (including phenoxy) is 1. The molecule has 0 spiro atoms. The van der Waals surface area contributed by atoms with Gasteiger partial charge in [0.25, 0.3) is 0 Å². The summed E-state index contributed by atoms with van der Waals surface area (Å²) in [6.07, 6.45) is 2.39. The Hall–Kier alpha value is -2.59. The number of amides is 1. The Bertz CT molecular complexity index is 711. The van der Waals surface area contributed by atoms with Crippen molar-refractivity contribution in [1.29, 1.82) is 0 Å². The molecule has 5 heteroatoms. The number of rotatable bonds is 5. The number of anilines is 1. The fourth-order valence-electron chi connectivity index (χ4n) is 1.77. The van der Waals surface area contributed by atoms with E-state index in [1.165, 1.54) is 25.3 Å². The second kappa shape index (κ2) is 7.43. The summed E-state index contributed by atoms with van der Waals surface area (Å²) < 4.78 is 5.02. The van der Waals surface area contributed by atoms with Gasteiger partial charge in [-0.05, 0) is 36.4 Å². The van der Waals surface area contributed by atoms with E-state index < -0.39 is 0 Å². The highest BCUT2D eigenvalue weighted by atomic mass is 35.5. The predicted octanol–water partition coefficient (Wildman–Crippen LogP) is 3.73. The molecule has 0 saturated heterocycles. The average molecular weight is 316 g/mol. The molecule has 2 aromatic carbocycles. The molecule has 1 amide bonds. The van der Waals surface area contributed by atoms with Crippen LogP contribution in [0, 0.1) is 0 Å². The Labute approximate surface area is 133 Å². The molecule has 0 radical (unpaired) electrons. The van der Waals surface area contributed by atoms with Crippen LogP contribution >= 0.6 is 11.6 Å². The summed E-state index contributed by atoms with van der Waals surface area (Å²) in [7, 11) is 1.50. The van der Waals surface area contributed by atoms with Gasteiger partial charge >= 0.3 is 0 Å². The van der Waals surface area contributed by atoms with Crippen LogP contribution in [0.2, 0.25) is 5.02 Å². The first kappa shape index (κ1) is 15.8. The summed E-state index contributed by atoms with van der Waals surface area (Å²) in [5.74, 6) is -0.198. The van der Waals surface area contributed by atoms with Crippen molar-refractivity contribution in [2.75, 3.05) is 12.4 Å². The van der Waals surface area contributed by atoms with E-state index >= 15 is 0 Å². The summed E-state index contributed by atoms with van der Waals surface area (Å²) in [6, 6.07) is 13.7. The molecule has 0 aromatic heterocycles. The molecule has 0 atom stereocenters. The topological polar surface area (TPSA) is 55.4 Å². The van der Waals surface area contributed by atoms with E-state index in [1.54, 1.807) is 24.3 Å². The van der Waals surface area contributed by atoms with Crippen molar-refractivity contribution in [1.82, 2.24) is 0 Å². The van der Waals surface area contributed by atoms with Crippen molar-refractivity contribution in [2.45, 2.75) is 0 Å². The maximum Gasteiger partial charge on any atom is 0.248 e. The van der Waals surface area contributed by atoms with Crippen molar-refractivity contribution in [3.05, 3.63) is 71.3 Å². The van der Waals surface area contributed by atoms with E-state index in [4.69, 9.17) is 16.3 Å². The summed E-state index contributed by atoms with van der Waals surface area (Å²) in [6.45, 7) is 0. The maximum absolute atomic E-state index is 12.0. The lowest BCUT2D eigenvalue weighted by Gasteiger charge is -2.04. The highest BCUT2D eigenvalue weighted by Crippen LogP contribution is 2.25. The number of benzene rings is 2. The third-order valence-electron chi connectivity index (χ3n) is 2.86. The molecule has 0 heterocycles. The van der Waals surface area contributed by atoms with Gasteiger partial charge in [0, 0.05) is 17.3 Å². The SMILES string of the molecule is COc1ccc(C(=O)/C=C/C(=O)Nc2ccccc2)cc1Cl. The largest absolute Gasteiger partial charge is 0.495 e. The van der Waals surface area contributed by atoms with Gasteiger partial charge in [0.2, 0.25) is 5.91 Å². The molecule has 2 rings (SSSR count). The zero-order chi connectivity index (χ0) is 15.9. The van der Waals surface area contributed by atoms with Crippen LogP contribution in [0.5, 0.6) is 5.75 Å². The number of methoxy groups -OCH3 is 1. The van der Waals surface area contributed by atoms with Crippen LogP contribution in [0.25, 0.3) is 0 Å². The van der Waals surface area contributed by atoms with E-state index in [0.29, 0.717) is 22.0 Å². The molecular weight excluding hydrogens is 302 g/mol. The summed E-state index contributed by atoms with van der Waals surface area (Å²) in [4.78, 5) is 23.7. The van der Waals surface area contributed by atoms with Gasteiger partial charge in [-0.3, -0.25) is 9.59 Å². The van der Waals surface area contributed by atoms with Gasteiger partial charge in [-0.2, -0.15) is 0 Å². The molecule has 22 heavy (non-hydrogen) atoms. The quantitative estimate of drug-likeness (QED) is 0.675. The Morgan fingerprint density at radius 1 is 1.09 bits per heavy atom. The molecule has 0 bridgehead atoms. The molecule has 0 aliphatic heterocycles. The van der Waals surface area contributed by atoms with Gasteiger partial charge in [0.05, 0.1) is 12.1 Å². The number of carbonyl (C=O) groups excluding carboxylic acids is 2. The van der Waals surface area contributed by atoms with Crippen LogP contribution in [-0.4, -0.2) is 18.8 Å². The van der Waals surface area contributed by atoms with E-state index in [9.17, 15) is 9.59 Å². The average Bonchev–Trinajstić information content (AvgIpc) is 2.53. The zero-order valence-electron chi connectivity index (χ0n) is 11.9. The minimum atomic E-state index is -0.376. The first-order valence-electron chi connectivity index (χ1n) is 6.52. The lowest BCUT2D eigenvalue weighted by Crippen LogP contribution is -2.08. The van der Waals surface area contributed by atoms with Crippen LogP contribution in [0.4, 0.5) is 5.69 Å². The Morgan fingerprint density at radius 3 is 2.45 bits per heavy atom. The maximum atomic E-state index is 12.0. The smallest absolute Gasteiger partial charge is 0.248 e. The minimum absolute atomic E-state index is 0.312. The van der Waals surface area contributed by atoms with Gasteiger partial charge in [0.1, 0.15) is 5.75 Å². The molecule has 0 fully saturated rings. The number of nitrogens with one attached hydrogen (secondary N) is 1. The van der Waals surface area contributed by atoms with E-state index in [-0.39, 0.29) is 11.7 Å². The highest BCUT2D eigenvalue weighted by Gasteiger charge is 2.07. The molecule has 112 valence electrons. The van der Waals surface area contributed by atoms with Crippen molar-refractivity contribution >= 4 is 29.0 Å². The first-order chi connectivity index (χ1) is 10.6. The normalized spacial score (nSPS) is 10.5. The number of allylic oxidation sites excluding steroid dienone is 1. The van der Waals surface area contributed by atoms with Crippen molar-refractivity contribution in [2.24, 2.45) is 0 Å². The highest BCUT2D eigenvalue weighted by molar-refractivity contribution is 6.32.